The second kappa shape index (κ2) is 12.6. The zero-order chi connectivity index (χ0) is 23.1. The van der Waals surface area contributed by atoms with Gasteiger partial charge >= 0.3 is 0 Å². The predicted molar refractivity (Wildman–Crippen MR) is 137 cm³/mol. The highest BCUT2D eigenvalue weighted by Crippen LogP contribution is 2.58. The second-order valence-corrected chi connectivity index (χ2v) is 11.5. The maximum atomic E-state index is 11.7. The fourth-order valence-electron chi connectivity index (χ4n) is 7.52. The van der Waals surface area contributed by atoms with E-state index in [1.54, 1.807) is 0 Å². The van der Waals surface area contributed by atoms with Crippen LogP contribution in [0.1, 0.15) is 106 Å². The van der Waals surface area contributed by atoms with Gasteiger partial charge in [0.05, 0.1) is 6.10 Å². The number of unbranched alkanes of at least 4 members (excludes halogenated alkanes) is 1. The summed E-state index contributed by atoms with van der Waals surface area (Å²) in [5, 5.41) is 11.7. The van der Waals surface area contributed by atoms with Gasteiger partial charge in [-0.05, 0) is 80.0 Å². The Bertz CT molecular complexity index is 563. The van der Waals surface area contributed by atoms with E-state index in [0.717, 1.165) is 30.1 Å². The van der Waals surface area contributed by atoms with Gasteiger partial charge in [0.25, 0.3) is 0 Å². The zero-order valence-corrected chi connectivity index (χ0v) is 21.9. The zero-order valence-electron chi connectivity index (χ0n) is 21.9. The lowest BCUT2D eigenvalue weighted by Crippen LogP contribution is -2.47. The summed E-state index contributed by atoms with van der Waals surface area (Å²) in [7, 11) is 0. The number of aliphatic hydroxyl groups excluding tert-OH is 1. The van der Waals surface area contributed by atoms with E-state index in [1.165, 1.54) is 56.9 Å². The van der Waals surface area contributed by atoms with Crippen LogP contribution in [-0.4, -0.2) is 11.2 Å². The highest BCUT2D eigenvalue weighted by atomic mass is 16.3. The van der Waals surface area contributed by atoms with Crippen molar-refractivity contribution in [3.63, 3.8) is 0 Å². The van der Waals surface area contributed by atoms with Crippen molar-refractivity contribution in [2.24, 2.45) is 53.3 Å². The largest absolute Gasteiger partial charge is 0.392 e. The molecule has 0 heterocycles. The number of hydrogen-bond acceptors (Lipinski definition) is 1. The highest BCUT2D eigenvalue weighted by Gasteiger charge is 2.54. The molecule has 0 bridgehead atoms. The second-order valence-electron chi connectivity index (χ2n) is 11.5. The molecule has 1 heteroatoms. The topological polar surface area (TPSA) is 20.2 Å². The van der Waals surface area contributed by atoms with E-state index in [0.29, 0.717) is 29.6 Å². The Morgan fingerprint density at radius 2 is 1.74 bits per heavy atom. The van der Waals surface area contributed by atoms with Crippen molar-refractivity contribution in [1.82, 2.24) is 0 Å². The first-order chi connectivity index (χ1) is 14.8. The lowest BCUT2D eigenvalue weighted by molar-refractivity contribution is -0.0489. The minimum Gasteiger partial charge on any atom is -0.392 e. The van der Waals surface area contributed by atoms with Crippen LogP contribution in [0.5, 0.6) is 0 Å². The molecule has 2 aliphatic carbocycles. The van der Waals surface area contributed by atoms with Crippen LogP contribution in [0.4, 0.5) is 0 Å². The predicted octanol–water partition coefficient (Wildman–Crippen LogP) is 8.68. The number of aliphatic hydroxyl groups is 1. The summed E-state index contributed by atoms with van der Waals surface area (Å²) in [4.78, 5) is 0. The van der Waals surface area contributed by atoms with E-state index in [9.17, 15) is 5.11 Å². The number of hydrogen-bond donors (Lipinski definition) is 1. The van der Waals surface area contributed by atoms with E-state index < -0.39 is 0 Å². The summed E-state index contributed by atoms with van der Waals surface area (Å²) in [6.07, 6.45) is 15.7. The first kappa shape index (κ1) is 26.7. The molecule has 2 fully saturated rings. The maximum Gasteiger partial charge on any atom is 0.0639 e. The Labute approximate surface area is 195 Å². The van der Waals surface area contributed by atoms with E-state index >= 15 is 0 Å². The van der Waals surface area contributed by atoms with E-state index in [1.807, 2.05) is 0 Å². The number of allylic oxidation sites excluding steroid dienone is 2. The van der Waals surface area contributed by atoms with Gasteiger partial charge in [0.15, 0.2) is 0 Å². The molecule has 0 amide bonds. The first-order valence-electron chi connectivity index (χ1n) is 13.8. The molecule has 0 aromatic heterocycles. The van der Waals surface area contributed by atoms with E-state index in [2.05, 4.69) is 67.2 Å². The van der Waals surface area contributed by atoms with Gasteiger partial charge in [-0.25, -0.2) is 0 Å². The van der Waals surface area contributed by atoms with Crippen LogP contribution in [0.15, 0.2) is 24.3 Å². The Morgan fingerprint density at radius 1 is 1.03 bits per heavy atom. The van der Waals surface area contributed by atoms with Gasteiger partial charge in [0, 0.05) is 5.92 Å². The summed E-state index contributed by atoms with van der Waals surface area (Å²) in [6, 6.07) is 0. The summed E-state index contributed by atoms with van der Waals surface area (Å²) in [5.74, 6) is 5.64. The van der Waals surface area contributed by atoms with Crippen molar-refractivity contribution < 1.29 is 5.11 Å². The van der Waals surface area contributed by atoms with Crippen molar-refractivity contribution >= 4 is 0 Å². The Hall–Kier alpha value is -0.560. The maximum absolute atomic E-state index is 11.7. The number of rotatable bonds is 12. The molecule has 0 aliphatic heterocycles. The molecule has 0 spiro atoms. The van der Waals surface area contributed by atoms with Gasteiger partial charge < -0.3 is 5.11 Å². The van der Waals surface area contributed by atoms with Gasteiger partial charge in [-0.1, -0.05) is 91.4 Å². The molecule has 0 aromatic rings. The van der Waals surface area contributed by atoms with Gasteiger partial charge in [-0.2, -0.15) is 0 Å². The van der Waals surface area contributed by atoms with Gasteiger partial charge in [0.1, 0.15) is 0 Å². The third-order valence-corrected chi connectivity index (χ3v) is 9.36. The molecule has 2 rings (SSSR count). The van der Waals surface area contributed by atoms with Gasteiger partial charge in [0.2, 0.25) is 0 Å². The minimum atomic E-state index is -0.169. The van der Waals surface area contributed by atoms with Gasteiger partial charge in [-0.15, -0.1) is 6.58 Å². The molecule has 0 radical (unpaired) electrons. The molecular weight excluding hydrogens is 376 g/mol. The molecule has 2 aliphatic rings. The number of fused-ring (bicyclic) bond motifs is 1. The van der Waals surface area contributed by atoms with E-state index in [-0.39, 0.29) is 6.10 Å². The quantitative estimate of drug-likeness (QED) is 0.307. The highest BCUT2D eigenvalue weighted by molar-refractivity contribution is 5.14. The molecule has 1 nitrogen and oxygen atoms in total. The van der Waals surface area contributed by atoms with Crippen molar-refractivity contribution in [3.05, 3.63) is 24.3 Å². The smallest absolute Gasteiger partial charge is 0.0639 e. The van der Waals surface area contributed by atoms with Gasteiger partial charge in [-0.3, -0.25) is 0 Å². The molecule has 0 saturated heterocycles. The SMILES string of the molecule is C=CC(CCC(C)CC)C1C([C@H](C)CCC)C(C)CC2CC(/C(C)=C/CCC)C(O)[C@@H]21. The fourth-order valence-corrected chi connectivity index (χ4v) is 7.52. The van der Waals surface area contributed by atoms with Crippen LogP contribution in [-0.2, 0) is 0 Å². The van der Waals surface area contributed by atoms with Crippen molar-refractivity contribution in [1.29, 1.82) is 0 Å². The van der Waals surface area contributed by atoms with Crippen LogP contribution in [0.25, 0.3) is 0 Å². The Balaban J connectivity index is 2.37. The molecule has 180 valence electrons. The molecular formula is C30H54O. The third kappa shape index (κ3) is 6.27. The first-order valence-corrected chi connectivity index (χ1v) is 13.8. The van der Waals surface area contributed by atoms with Crippen LogP contribution < -0.4 is 0 Å². The molecule has 1 N–H and O–H groups in total. The lowest BCUT2D eigenvalue weighted by Gasteiger charge is -2.50. The fraction of sp³-hybridized carbons (Fsp3) is 0.867. The normalized spacial score (nSPS) is 36.6. The standard InChI is InChI=1S/C30H54O/c1-9-13-15-21(6)26-19-25-18-23(8)27(22(7)14-10-2)28(29(25)30(26)31)24(12-4)17-16-20(5)11-3/h12,15,20,22-31H,4,9-11,13-14,16-19H2,1-3,5-8H3/b21-15+/t20?,22-,23?,24?,25?,26?,27?,28?,29+,30?/m1/s1. The summed E-state index contributed by atoms with van der Waals surface area (Å²) in [6.45, 7) is 20.9. The summed E-state index contributed by atoms with van der Waals surface area (Å²) >= 11 is 0. The molecule has 8 unspecified atom stereocenters. The third-order valence-electron chi connectivity index (χ3n) is 9.36. The van der Waals surface area contributed by atoms with Crippen molar-refractivity contribution in [2.75, 3.05) is 0 Å². The molecule has 0 aromatic carbocycles. The van der Waals surface area contributed by atoms with E-state index in [4.69, 9.17) is 0 Å². The summed E-state index contributed by atoms with van der Waals surface area (Å²) < 4.78 is 0. The molecule has 31 heavy (non-hydrogen) atoms. The molecule has 2 saturated carbocycles. The summed E-state index contributed by atoms with van der Waals surface area (Å²) in [5.41, 5.74) is 1.45. The Kier molecular flexibility index (Phi) is 10.9. The van der Waals surface area contributed by atoms with Crippen LogP contribution in [0, 0.1) is 53.3 Å². The van der Waals surface area contributed by atoms with Crippen LogP contribution >= 0.6 is 0 Å². The van der Waals surface area contributed by atoms with Crippen molar-refractivity contribution in [2.45, 2.75) is 112 Å². The van der Waals surface area contributed by atoms with Crippen LogP contribution in [0.2, 0.25) is 0 Å². The average Bonchev–Trinajstić information content (AvgIpc) is 3.07. The van der Waals surface area contributed by atoms with Crippen molar-refractivity contribution in [3.8, 4) is 0 Å². The minimum absolute atomic E-state index is 0.169. The average molecular weight is 431 g/mol. The lowest BCUT2D eigenvalue weighted by atomic mass is 9.55. The Morgan fingerprint density at radius 3 is 2.32 bits per heavy atom. The van der Waals surface area contributed by atoms with Crippen LogP contribution in [0.3, 0.4) is 0 Å². The molecule has 10 atom stereocenters. The monoisotopic (exact) mass is 430 g/mol.